The van der Waals surface area contributed by atoms with Crippen LogP contribution in [0.2, 0.25) is 0 Å². The molecule has 1 aromatic carbocycles. The highest BCUT2D eigenvalue weighted by Crippen LogP contribution is 2.36. The summed E-state index contributed by atoms with van der Waals surface area (Å²) in [6, 6.07) is 5.51. The average Bonchev–Trinajstić information content (AvgIpc) is 2.82. The number of benzene rings is 1. The Hall–Kier alpha value is -2.29. The van der Waals surface area contributed by atoms with Crippen molar-refractivity contribution in [3.63, 3.8) is 0 Å². The zero-order valence-corrected chi connectivity index (χ0v) is 17.5. The Morgan fingerprint density at radius 3 is 2.39 bits per heavy atom. The first kappa shape index (κ1) is 20.4. The van der Waals surface area contributed by atoms with Gasteiger partial charge in [-0.3, -0.25) is 4.90 Å². The molecular weight excluding hydrogens is 357 g/mol. The molecule has 152 valence electrons. The lowest BCUT2D eigenvalue weighted by Crippen LogP contribution is -2.57. The molecule has 2 saturated heterocycles. The number of hydrogen-bond acceptors (Lipinski definition) is 4. The lowest BCUT2D eigenvalue weighted by molar-refractivity contribution is 0.0123. The smallest absolute Gasteiger partial charge is 0.410 e. The highest BCUT2D eigenvalue weighted by molar-refractivity contribution is 5.71. The van der Waals surface area contributed by atoms with Crippen molar-refractivity contribution < 1.29 is 13.9 Å². The van der Waals surface area contributed by atoms with E-state index < -0.39 is 11.4 Å². The van der Waals surface area contributed by atoms with E-state index in [1.54, 1.807) is 0 Å². The topological polar surface area (TPSA) is 56.6 Å². The van der Waals surface area contributed by atoms with Gasteiger partial charge < -0.3 is 9.64 Å². The molecule has 2 aliphatic rings. The van der Waals surface area contributed by atoms with Crippen molar-refractivity contribution in [1.82, 2.24) is 4.90 Å². The van der Waals surface area contributed by atoms with E-state index in [1.165, 1.54) is 6.07 Å². The molecule has 6 heteroatoms. The van der Waals surface area contributed by atoms with E-state index in [0.29, 0.717) is 24.7 Å². The number of halogens is 1. The summed E-state index contributed by atoms with van der Waals surface area (Å²) in [6.07, 6.45) is 2.28. The number of piperazine rings is 1. The first-order valence-electron chi connectivity index (χ1n) is 10.1. The molecule has 0 aromatic heterocycles. The summed E-state index contributed by atoms with van der Waals surface area (Å²) >= 11 is 0. The first-order chi connectivity index (χ1) is 13.1. The summed E-state index contributed by atoms with van der Waals surface area (Å²) in [5, 5.41) is 9.52. The normalized spacial score (nSPS) is 21.8. The molecule has 0 saturated carbocycles. The standard InChI is InChI=1S/C22H30FN3O2/c1-14(2)8-15-9-19(23)18(11-24)20(10-15)25-12-16-6-7-17(13-25)26(16)21(27)28-22(3,4)5/h9-10,14,16-17H,6-8,12-13H2,1-5H3. The van der Waals surface area contributed by atoms with Crippen LogP contribution in [0, 0.1) is 23.1 Å². The third-order valence-electron chi connectivity index (χ3n) is 5.31. The quantitative estimate of drug-likeness (QED) is 0.767. The Morgan fingerprint density at radius 2 is 1.89 bits per heavy atom. The summed E-state index contributed by atoms with van der Waals surface area (Å²) in [4.78, 5) is 16.6. The molecule has 2 heterocycles. The van der Waals surface area contributed by atoms with Gasteiger partial charge >= 0.3 is 6.09 Å². The first-order valence-corrected chi connectivity index (χ1v) is 10.1. The van der Waals surface area contributed by atoms with Crippen LogP contribution in [0.25, 0.3) is 0 Å². The predicted molar refractivity (Wildman–Crippen MR) is 107 cm³/mol. The fraction of sp³-hybridized carbons (Fsp3) is 0.636. The van der Waals surface area contributed by atoms with Crippen molar-refractivity contribution in [3.05, 3.63) is 29.1 Å². The summed E-state index contributed by atoms with van der Waals surface area (Å²) in [7, 11) is 0. The summed E-state index contributed by atoms with van der Waals surface area (Å²) < 4.78 is 20.2. The Labute approximate surface area is 167 Å². The van der Waals surface area contributed by atoms with Crippen molar-refractivity contribution in [3.8, 4) is 6.07 Å². The highest BCUT2D eigenvalue weighted by atomic mass is 19.1. The SMILES string of the molecule is CC(C)Cc1cc(F)c(C#N)c(N2CC3CCC(C2)N3C(=O)OC(C)(C)C)c1. The van der Waals surface area contributed by atoms with E-state index in [1.807, 2.05) is 37.8 Å². The van der Waals surface area contributed by atoms with Crippen molar-refractivity contribution in [2.45, 2.75) is 71.6 Å². The second-order valence-electron chi connectivity index (χ2n) is 9.36. The molecule has 2 atom stereocenters. The molecule has 2 aliphatic heterocycles. The predicted octanol–water partition coefficient (Wildman–Crippen LogP) is 4.48. The van der Waals surface area contributed by atoms with Gasteiger partial charge in [0.05, 0.1) is 17.8 Å². The van der Waals surface area contributed by atoms with Gasteiger partial charge in [-0.25, -0.2) is 9.18 Å². The van der Waals surface area contributed by atoms with Crippen molar-refractivity contribution in [2.75, 3.05) is 18.0 Å². The van der Waals surface area contributed by atoms with Crippen molar-refractivity contribution in [1.29, 1.82) is 5.26 Å². The van der Waals surface area contributed by atoms with Crippen LogP contribution in [0.5, 0.6) is 0 Å². The molecular formula is C22H30FN3O2. The average molecular weight is 387 g/mol. The molecule has 2 bridgehead atoms. The summed E-state index contributed by atoms with van der Waals surface area (Å²) in [6.45, 7) is 11.0. The minimum absolute atomic E-state index is 0.0250. The Balaban J connectivity index is 1.85. The monoisotopic (exact) mass is 387 g/mol. The highest BCUT2D eigenvalue weighted by Gasteiger charge is 2.44. The van der Waals surface area contributed by atoms with E-state index in [2.05, 4.69) is 18.7 Å². The number of rotatable bonds is 3. The second kappa shape index (κ2) is 7.62. The number of carbonyl (C=O) groups is 1. The zero-order valence-electron chi connectivity index (χ0n) is 17.5. The molecule has 1 aromatic rings. The van der Waals surface area contributed by atoms with Crippen LogP contribution in [-0.2, 0) is 11.2 Å². The minimum Gasteiger partial charge on any atom is -0.444 e. The molecule has 5 nitrogen and oxygen atoms in total. The van der Waals surface area contributed by atoms with Gasteiger partial charge in [0.1, 0.15) is 23.1 Å². The molecule has 2 fully saturated rings. The minimum atomic E-state index is -0.532. The van der Waals surface area contributed by atoms with Gasteiger partial charge in [-0.1, -0.05) is 13.8 Å². The maximum absolute atomic E-state index is 14.6. The fourth-order valence-electron chi connectivity index (χ4n) is 4.31. The Morgan fingerprint density at radius 1 is 1.29 bits per heavy atom. The number of ether oxygens (including phenoxy) is 1. The zero-order chi connectivity index (χ0) is 20.6. The van der Waals surface area contributed by atoms with Gasteiger partial charge in [-0.2, -0.15) is 5.26 Å². The van der Waals surface area contributed by atoms with Crippen LogP contribution >= 0.6 is 0 Å². The van der Waals surface area contributed by atoms with Crippen molar-refractivity contribution in [2.24, 2.45) is 5.92 Å². The van der Waals surface area contributed by atoms with Crippen LogP contribution in [0.3, 0.4) is 0 Å². The molecule has 0 aliphatic carbocycles. The van der Waals surface area contributed by atoms with Gasteiger partial charge in [0.15, 0.2) is 0 Å². The number of nitrogens with zero attached hydrogens (tertiary/aromatic N) is 3. The van der Waals surface area contributed by atoms with Crippen LogP contribution < -0.4 is 4.90 Å². The van der Waals surface area contributed by atoms with Gasteiger partial charge in [-0.05, 0) is 63.6 Å². The van der Waals surface area contributed by atoms with E-state index in [0.717, 1.165) is 24.8 Å². The number of carbonyl (C=O) groups excluding carboxylic acids is 1. The van der Waals surface area contributed by atoms with Crippen LogP contribution in [-0.4, -0.2) is 41.8 Å². The van der Waals surface area contributed by atoms with E-state index >= 15 is 0 Å². The lowest BCUT2D eigenvalue weighted by Gasteiger charge is -2.42. The Bertz CT molecular complexity index is 780. The number of anilines is 1. The number of fused-ring (bicyclic) bond motifs is 2. The van der Waals surface area contributed by atoms with E-state index in [4.69, 9.17) is 4.74 Å². The molecule has 0 N–H and O–H groups in total. The molecule has 0 radical (unpaired) electrons. The summed E-state index contributed by atoms with van der Waals surface area (Å²) in [5.74, 6) is -0.0575. The number of nitriles is 1. The fourth-order valence-corrected chi connectivity index (χ4v) is 4.31. The van der Waals surface area contributed by atoms with E-state index in [9.17, 15) is 14.4 Å². The third kappa shape index (κ3) is 4.24. The van der Waals surface area contributed by atoms with Crippen LogP contribution in [0.4, 0.5) is 14.9 Å². The number of hydrogen-bond donors (Lipinski definition) is 0. The van der Waals surface area contributed by atoms with Crippen molar-refractivity contribution >= 4 is 11.8 Å². The third-order valence-corrected chi connectivity index (χ3v) is 5.31. The van der Waals surface area contributed by atoms with Crippen LogP contribution in [0.1, 0.15) is 58.6 Å². The van der Waals surface area contributed by atoms with Gasteiger partial charge in [-0.15, -0.1) is 0 Å². The Kier molecular flexibility index (Phi) is 5.56. The number of amides is 1. The molecule has 0 spiro atoms. The summed E-state index contributed by atoms with van der Waals surface area (Å²) in [5.41, 5.74) is 1.12. The molecule has 2 unspecified atom stereocenters. The maximum atomic E-state index is 14.6. The van der Waals surface area contributed by atoms with Gasteiger partial charge in [0.25, 0.3) is 0 Å². The van der Waals surface area contributed by atoms with Gasteiger partial charge in [0.2, 0.25) is 0 Å². The van der Waals surface area contributed by atoms with Crippen LogP contribution in [0.15, 0.2) is 12.1 Å². The lowest BCUT2D eigenvalue weighted by atomic mass is 9.99. The largest absolute Gasteiger partial charge is 0.444 e. The molecule has 3 rings (SSSR count). The maximum Gasteiger partial charge on any atom is 0.410 e. The molecule has 1 amide bonds. The second-order valence-corrected chi connectivity index (χ2v) is 9.36. The van der Waals surface area contributed by atoms with Gasteiger partial charge in [0, 0.05) is 13.1 Å². The molecule has 28 heavy (non-hydrogen) atoms. The van der Waals surface area contributed by atoms with E-state index in [-0.39, 0.29) is 23.7 Å².